The average Bonchev–Trinajstić information content (AvgIpc) is 2.90. The van der Waals surface area contributed by atoms with Crippen molar-refractivity contribution in [1.82, 2.24) is 4.98 Å². The third-order valence-electron chi connectivity index (χ3n) is 3.94. The van der Waals surface area contributed by atoms with E-state index in [2.05, 4.69) is 54.7 Å². The zero-order valence-corrected chi connectivity index (χ0v) is 13.3. The van der Waals surface area contributed by atoms with Crippen molar-refractivity contribution in [2.45, 2.75) is 13.8 Å². The van der Waals surface area contributed by atoms with Gasteiger partial charge in [-0.2, -0.15) is 0 Å². The SMILES string of the molecule is C=C1c2sc3nccc(C)c3c2N=CN1c1ccc(C)cc1. The van der Waals surface area contributed by atoms with Gasteiger partial charge in [-0.05, 0) is 37.6 Å². The van der Waals surface area contributed by atoms with Gasteiger partial charge in [-0.1, -0.05) is 24.3 Å². The van der Waals surface area contributed by atoms with Crippen LogP contribution in [0.2, 0.25) is 0 Å². The summed E-state index contributed by atoms with van der Waals surface area (Å²) in [6, 6.07) is 10.4. The predicted molar refractivity (Wildman–Crippen MR) is 95.2 cm³/mol. The number of pyridine rings is 1. The van der Waals surface area contributed by atoms with E-state index in [0.29, 0.717) is 0 Å². The maximum absolute atomic E-state index is 4.68. The number of fused-ring (bicyclic) bond motifs is 3. The second kappa shape index (κ2) is 4.78. The van der Waals surface area contributed by atoms with Crippen molar-refractivity contribution in [3.8, 4) is 0 Å². The first kappa shape index (κ1) is 13.2. The Morgan fingerprint density at radius 2 is 1.86 bits per heavy atom. The zero-order valence-electron chi connectivity index (χ0n) is 12.5. The van der Waals surface area contributed by atoms with Crippen LogP contribution in [-0.2, 0) is 0 Å². The van der Waals surface area contributed by atoms with E-state index in [9.17, 15) is 0 Å². The van der Waals surface area contributed by atoms with Gasteiger partial charge in [0, 0.05) is 17.3 Å². The number of hydrogen-bond acceptors (Lipinski definition) is 4. The fourth-order valence-corrected chi connectivity index (χ4v) is 3.83. The van der Waals surface area contributed by atoms with Crippen LogP contribution in [0.25, 0.3) is 15.9 Å². The third-order valence-corrected chi connectivity index (χ3v) is 5.08. The van der Waals surface area contributed by atoms with Crippen LogP contribution in [0.4, 0.5) is 11.4 Å². The van der Waals surface area contributed by atoms with Crippen molar-refractivity contribution in [3.63, 3.8) is 0 Å². The van der Waals surface area contributed by atoms with E-state index in [4.69, 9.17) is 0 Å². The second-order valence-corrected chi connectivity index (χ2v) is 6.48. The lowest BCUT2D eigenvalue weighted by molar-refractivity contribution is 1.33. The molecule has 2 aromatic heterocycles. The number of benzene rings is 1. The molecule has 1 aromatic carbocycles. The van der Waals surface area contributed by atoms with E-state index in [0.717, 1.165) is 32.2 Å². The van der Waals surface area contributed by atoms with Crippen LogP contribution in [0.3, 0.4) is 0 Å². The van der Waals surface area contributed by atoms with Gasteiger partial charge in [0.25, 0.3) is 0 Å². The molecule has 0 radical (unpaired) electrons. The van der Waals surface area contributed by atoms with Gasteiger partial charge in [-0.3, -0.25) is 0 Å². The van der Waals surface area contributed by atoms with Gasteiger partial charge in [0.1, 0.15) is 11.2 Å². The Kier molecular flexibility index (Phi) is 2.87. The molecule has 0 atom stereocenters. The summed E-state index contributed by atoms with van der Waals surface area (Å²) in [6.45, 7) is 8.46. The highest BCUT2D eigenvalue weighted by atomic mass is 32.1. The highest BCUT2D eigenvalue weighted by Gasteiger charge is 2.23. The van der Waals surface area contributed by atoms with Crippen molar-refractivity contribution < 1.29 is 0 Å². The molecule has 0 spiro atoms. The van der Waals surface area contributed by atoms with E-state index in [-0.39, 0.29) is 0 Å². The third kappa shape index (κ3) is 1.88. The van der Waals surface area contributed by atoms with Gasteiger partial charge in [-0.15, -0.1) is 11.3 Å². The van der Waals surface area contributed by atoms with Crippen molar-refractivity contribution in [2.75, 3.05) is 4.90 Å². The summed E-state index contributed by atoms with van der Waals surface area (Å²) in [5.41, 5.74) is 5.48. The Labute approximate surface area is 133 Å². The molecule has 0 saturated heterocycles. The first-order valence-corrected chi connectivity index (χ1v) is 7.94. The number of aromatic nitrogens is 1. The van der Waals surface area contributed by atoms with Crippen molar-refractivity contribution >= 4 is 45.0 Å². The molecule has 4 rings (SSSR count). The van der Waals surface area contributed by atoms with Crippen LogP contribution in [0.1, 0.15) is 16.0 Å². The highest BCUT2D eigenvalue weighted by Crippen LogP contribution is 2.45. The largest absolute Gasteiger partial charge is 0.300 e. The average molecular weight is 305 g/mol. The smallest absolute Gasteiger partial charge is 0.126 e. The molecule has 0 bridgehead atoms. The fraction of sp³-hybridized carbons (Fsp3) is 0.111. The standard InChI is InChI=1S/C18H15N3S/c1-11-4-6-14(7-5-11)21-10-20-16-15-12(2)8-9-19-18(15)22-17(16)13(21)3/h4-10H,3H2,1-2H3. The Morgan fingerprint density at radius 3 is 2.64 bits per heavy atom. The molecule has 3 heterocycles. The summed E-state index contributed by atoms with van der Waals surface area (Å²) in [6.07, 6.45) is 3.71. The summed E-state index contributed by atoms with van der Waals surface area (Å²) in [5, 5.41) is 1.14. The van der Waals surface area contributed by atoms with Gasteiger partial charge in [-0.25, -0.2) is 9.98 Å². The summed E-state index contributed by atoms with van der Waals surface area (Å²) < 4.78 is 0. The molecular formula is C18H15N3S. The zero-order chi connectivity index (χ0) is 15.3. The monoisotopic (exact) mass is 305 g/mol. The molecule has 22 heavy (non-hydrogen) atoms. The number of nitrogens with zero attached hydrogens (tertiary/aromatic N) is 3. The molecule has 0 fully saturated rings. The van der Waals surface area contributed by atoms with E-state index >= 15 is 0 Å². The van der Waals surface area contributed by atoms with Gasteiger partial charge in [0.05, 0.1) is 16.3 Å². The van der Waals surface area contributed by atoms with Crippen LogP contribution in [0.5, 0.6) is 0 Å². The maximum Gasteiger partial charge on any atom is 0.126 e. The van der Waals surface area contributed by atoms with Crippen molar-refractivity contribution in [3.05, 3.63) is 59.1 Å². The number of anilines is 1. The lowest BCUT2D eigenvalue weighted by Gasteiger charge is -2.25. The van der Waals surface area contributed by atoms with E-state index in [1.807, 2.05) is 23.5 Å². The molecule has 0 unspecified atom stereocenters. The molecule has 0 aliphatic carbocycles. The maximum atomic E-state index is 4.68. The molecule has 4 heteroatoms. The number of hydrogen-bond donors (Lipinski definition) is 0. The molecule has 1 aliphatic rings. The van der Waals surface area contributed by atoms with Crippen LogP contribution in [0, 0.1) is 13.8 Å². The fourth-order valence-electron chi connectivity index (χ4n) is 2.70. The predicted octanol–water partition coefficient (Wildman–Crippen LogP) is 5.06. The van der Waals surface area contributed by atoms with Gasteiger partial charge >= 0.3 is 0 Å². The Bertz CT molecular complexity index is 919. The van der Waals surface area contributed by atoms with Gasteiger partial charge in [0.15, 0.2) is 0 Å². The minimum absolute atomic E-state index is 0.955. The first-order chi connectivity index (χ1) is 10.6. The molecular weight excluding hydrogens is 290 g/mol. The number of aliphatic imine (C=N–C) groups is 1. The minimum atomic E-state index is 0.955. The molecule has 108 valence electrons. The molecule has 0 N–H and O–H groups in total. The lowest BCUT2D eigenvalue weighted by atomic mass is 10.1. The Hall–Kier alpha value is -2.46. The minimum Gasteiger partial charge on any atom is -0.300 e. The van der Waals surface area contributed by atoms with Crippen LogP contribution in [-0.4, -0.2) is 11.3 Å². The first-order valence-electron chi connectivity index (χ1n) is 7.12. The number of thiophene rings is 1. The van der Waals surface area contributed by atoms with Gasteiger partial charge < -0.3 is 4.90 Å². The summed E-state index contributed by atoms with van der Waals surface area (Å²) in [5.74, 6) is 0. The molecule has 1 aliphatic heterocycles. The molecule has 3 nitrogen and oxygen atoms in total. The molecule has 0 saturated carbocycles. The quantitative estimate of drug-likeness (QED) is 0.628. The molecule has 0 amide bonds. The number of aryl methyl sites for hydroxylation is 2. The van der Waals surface area contributed by atoms with Crippen molar-refractivity contribution in [2.24, 2.45) is 4.99 Å². The highest BCUT2D eigenvalue weighted by molar-refractivity contribution is 7.20. The Morgan fingerprint density at radius 1 is 1.09 bits per heavy atom. The van der Waals surface area contributed by atoms with Crippen molar-refractivity contribution in [1.29, 1.82) is 0 Å². The lowest BCUT2D eigenvalue weighted by Crippen LogP contribution is -2.20. The van der Waals surface area contributed by atoms with Gasteiger partial charge in [0.2, 0.25) is 0 Å². The van der Waals surface area contributed by atoms with E-state index in [1.165, 1.54) is 11.1 Å². The van der Waals surface area contributed by atoms with E-state index < -0.39 is 0 Å². The van der Waals surface area contributed by atoms with Crippen LogP contribution >= 0.6 is 11.3 Å². The normalized spacial score (nSPS) is 13.7. The summed E-state index contributed by atoms with van der Waals surface area (Å²) in [7, 11) is 0. The summed E-state index contributed by atoms with van der Waals surface area (Å²) >= 11 is 1.66. The number of rotatable bonds is 1. The second-order valence-electron chi connectivity index (χ2n) is 5.48. The van der Waals surface area contributed by atoms with Crippen LogP contribution < -0.4 is 4.90 Å². The Balaban J connectivity index is 1.86. The molecule has 3 aromatic rings. The summed E-state index contributed by atoms with van der Waals surface area (Å²) in [4.78, 5) is 13.3. The van der Waals surface area contributed by atoms with Crippen LogP contribution in [0.15, 0.2) is 48.1 Å². The van der Waals surface area contributed by atoms with E-state index in [1.54, 1.807) is 11.3 Å². The topological polar surface area (TPSA) is 28.5 Å².